The van der Waals surface area contributed by atoms with Gasteiger partial charge in [0.25, 0.3) is 0 Å². The summed E-state index contributed by atoms with van der Waals surface area (Å²) >= 11 is 1.54. The summed E-state index contributed by atoms with van der Waals surface area (Å²) in [4.78, 5) is 8.87. The van der Waals surface area contributed by atoms with E-state index in [1.807, 2.05) is 12.3 Å². The molecule has 1 heterocycles. The molecule has 0 saturated heterocycles. The maximum Gasteiger partial charge on any atom is 0.219 e. The zero-order valence-corrected chi connectivity index (χ0v) is 12.8. The summed E-state index contributed by atoms with van der Waals surface area (Å²) in [6, 6.07) is 1.91. The first-order valence-electron chi connectivity index (χ1n) is 7.06. The highest BCUT2D eigenvalue weighted by Crippen LogP contribution is 2.28. The molecule has 106 valence electrons. The molecule has 19 heavy (non-hydrogen) atoms. The third-order valence-electron chi connectivity index (χ3n) is 3.53. The smallest absolute Gasteiger partial charge is 0.219 e. The Morgan fingerprint density at radius 1 is 1.37 bits per heavy atom. The number of hydrogen-bond donors (Lipinski definition) is 1. The predicted octanol–water partition coefficient (Wildman–Crippen LogP) is 3.59. The SMILES string of the molecule is CCNc1cc(OC2CCCCC2C)nc(SC)n1. The molecule has 4 nitrogen and oxygen atoms in total. The fraction of sp³-hybridized carbons (Fsp3) is 0.714. The third kappa shape index (κ3) is 4.00. The molecule has 0 aliphatic heterocycles. The largest absolute Gasteiger partial charge is 0.474 e. The van der Waals surface area contributed by atoms with Gasteiger partial charge in [-0.15, -0.1) is 0 Å². The van der Waals surface area contributed by atoms with Gasteiger partial charge in [-0.25, -0.2) is 4.98 Å². The van der Waals surface area contributed by atoms with Crippen LogP contribution in [-0.2, 0) is 0 Å². The summed E-state index contributed by atoms with van der Waals surface area (Å²) in [5, 5.41) is 3.99. The number of aromatic nitrogens is 2. The van der Waals surface area contributed by atoms with Crippen LogP contribution >= 0.6 is 11.8 Å². The van der Waals surface area contributed by atoms with Crippen LogP contribution in [-0.4, -0.2) is 28.9 Å². The highest BCUT2D eigenvalue weighted by Gasteiger charge is 2.23. The molecule has 1 aromatic heterocycles. The van der Waals surface area contributed by atoms with Crippen molar-refractivity contribution in [1.29, 1.82) is 0 Å². The molecule has 1 aliphatic carbocycles. The molecule has 0 spiro atoms. The number of nitrogens with one attached hydrogen (secondary N) is 1. The molecule has 1 fully saturated rings. The second-order valence-corrected chi connectivity index (χ2v) is 5.80. The molecular weight excluding hydrogens is 258 g/mol. The standard InChI is InChI=1S/C14H23N3OS/c1-4-15-12-9-13(17-14(16-12)19-3)18-11-8-6-5-7-10(11)2/h9-11H,4-8H2,1-3H3,(H,15,16,17). The van der Waals surface area contributed by atoms with Crippen LogP contribution in [0.1, 0.15) is 39.5 Å². The van der Waals surface area contributed by atoms with E-state index < -0.39 is 0 Å². The number of rotatable bonds is 5. The lowest BCUT2D eigenvalue weighted by molar-refractivity contribution is 0.0967. The minimum Gasteiger partial charge on any atom is -0.474 e. The van der Waals surface area contributed by atoms with Crippen LogP contribution in [0.25, 0.3) is 0 Å². The van der Waals surface area contributed by atoms with E-state index in [2.05, 4.69) is 29.1 Å². The van der Waals surface area contributed by atoms with E-state index in [4.69, 9.17) is 4.74 Å². The first kappa shape index (κ1) is 14.4. The van der Waals surface area contributed by atoms with Gasteiger partial charge in [-0.3, -0.25) is 0 Å². The van der Waals surface area contributed by atoms with Crippen molar-refractivity contribution in [2.75, 3.05) is 18.1 Å². The van der Waals surface area contributed by atoms with E-state index in [1.165, 1.54) is 19.3 Å². The maximum absolute atomic E-state index is 6.09. The highest BCUT2D eigenvalue weighted by molar-refractivity contribution is 7.98. The summed E-state index contributed by atoms with van der Waals surface area (Å²) in [5.74, 6) is 2.17. The Labute approximate surface area is 119 Å². The third-order valence-corrected chi connectivity index (χ3v) is 4.08. The Morgan fingerprint density at radius 3 is 2.84 bits per heavy atom. The Morgan fingerprint density at radius 2 is 2.16 bits per heavy atom. The molecule has 2 rings (SSSR count). The van der Waals surface area contributed by atoms with Crippen molar-refractivity contribution in [3.05, 3.63) is 6.07 Å². The van der Waals surface area contributed by atoms with Gasteiger partial charge in [0.1, 0.15) is 11.9 Å². The van der Waals surface area contributed by atoms with E-state index in [1.54, 1.807) is 11.8 Å². The van der Waals surface area contributed by atoms with Crippen molar-refractivity contribution >= 4 is 17.6 Å². The Balaban J connectivity index is 2.11. The fourth-order valence-electron chi connectivity index (χ4n) is 2.44. The van der Waals surface area contributed by atoms with Crippen LogP contribution in [0.3, 0.4) is 0 Å². The Bertz CT molecular complexity index is 414. The molecule has 0 bridgehead atoms. The number of thioether (sulfide) groups is 1. The molecule has 1 aliphatic rings. The highest BCUT2D eigenvalue weighted by atomic mass is 32.2. The van der Waals surface area contributed by atoms with Gasteiger partial charge in [0, 0.05) is 12.6 Å². The first-order valence-corrected chi connectivity index (χ1v) is 8.29. The maximum atomic E-state index is 6.09. The topological polar surface area (TPSA) is 47.0 Å². The van der Waals surface area contributed by atoms with E-state index in [0.29, 0.717) is 17.9 Å². The van der Waals surface area contributed by atoms with Gasteiger partial charge in [-0.2, -0.15) is 4.98 Å². The summed E-state index contributed by atoms with van der Waals surface area (Å²) in [6.07, 6.45) is 7.26. The zero-order chi connectivity index (χ0) is 13.7. The van der Waals surface area contributed by atoms with Crippen LogP contribution in [0.2, 0.25) is 0 Å². The van der Waals surface area contributed by atoms with Crippen molar-refractivity contribution in [2.24, 2.45) is 5.92 Å². The average Bonchev–Trinajstić information content (AvgIpc) is 2.41. The molecular formula is C14H23N3OS. The fourth-order valence-corrected chi connectivity index (χ4v) is 2.81. The van der Waals surface area contributed by atoms with Gasteiger partial charge >= 0.3 is 0 Å². The molecule has 2 unspecified atom stereocenters. The van der Waals surface area contributed by atoms with Crippen molar-refractivity contribution in [2.45, 2.75) is 50.8 Å². The molecule has 1 N–H and O–H groups in total. The molecule has 2 atom stereocenters. The lowest BCUT2D eigenvalue weighted by atomic mass is 9.88. The van der Waals surface area contributed by atoms with E-state index in [-0.39, 0.29) is 0 Å². The van der Waals surface area contributed by atoms with Crippen molar-refractivity contribution in [3.8, 4) is 5.88 Å². The van der Waals surface area contributed by atoms with Crippen molar-refractivity contribution < 1.29 is 4.74 Å². The number of anilines is 1. The van der Waals surface area contributed by atoms with Crippen molar-refractivity contribution in [3.63, 3.8) is 0 Å². The summed E-state index contributed by atoms with van der Waals surface area (Å²) in [5.41, 5.74) is 0. The van der Waals surface area contributed by atoms with Gasteiger partial charge in [-0.1, -0.05) is 25.1 Å². The molecule has 0 aromatic carbocycles. The van der Waals surface area contributed by atoms with Crippen LogP contribution in [0.4, 0.5) is 5.82 Å². The van der Waals surface area contributed by atoms with E-state index >= 15 is 0 Å². The van der Waals surface area contributed by atoms with E-state index in [0.717, 1.165) is 23.9 Å². The predicted molar refractivity (Wildman–Crippen MR) is 80.0 cm³/mol. The molecule has 0 amide bonds. The minimum atomic E-state index is 0.299. The minimum absolute atomic E-state index is 0.299. The van der Waals surface area contributed by atoms with Gasteiger partial charge in [0.15, 0.2) is 5.16 Å². The zero-order valence-electron chi connectivity index (χ0n) is 12.0. The first-order chi connectivity index (χ1) is 9.22. The number of hydrogen-bond acceptors (Lipinski definition) is 5. The Hall–Kier alpha value is -0.970. The van der Waals surface area contributed by atoms with Gasteiger partial charge in [0.05, 0.1) is 0 Å². The van der Waals surface area contributed by atoms with Crippen LogP contribution in [0, 0.1) is 5.92 Å². The van der Waals surface area contributed by atoms with Gasteiger partial charge < -0.3 is 10.1 Å². The van der Waals surface area contributed by atoms with Crippen LogP contribution in [0.15, 0.2) is 11.2 Å². The van der Waals surface area contributed by atoms with Crippen LogP contribution < -0.4 is 10.1 Å². The van der Waals surface area contributed by atoms with Crippen molar-refractivity contribution in [1.82, 2.24) is 9.97 Å². The quantitative estimate of drug-likeness (QED) is 0.660. The molecule has 5 heteroatoms. The number of ether oxygens (including phenoxy) is 1. The lowest BCUT2D eigenvalue weighted by Crippen LogP contribution is -2.28. The Kier molecular flexibility index (Phi) is 5.31. The molecule has 1 aromatic rings. The number of nitrogens with zero attached hydrogens (tertiary/aromatic N) is 2. The monoisotopic (exact) mass is 281 g/mol. The van der Waals surface area contributed by atoms with Gasteiger partial charge in [0.2, 0.25) is 5.88 Å². The van der Waals surface area contributed by atoms with E-state index in [9.17, 15) is 0 Å². The summed E-state index contributed by atoms with van der Waals surface area (Å²) in [6.45, 7) is 5.18. The average molecular weight is 281 g/mol. The second-order valence-electron chi connectivity index (χ2n) is 5.03. The molecule has 1 saturated carbocycles. The summed E-state index contributed by atoms with van der Waals surface area (Å²) < 4.78 is 6.09. The van der Waals surface area contributed by atoms with Gasteiger partial charge in [-0.05, 0) is 38.4 Å². The second kappa shape index (κ2) is 6.98. The van der Waals surface area contributed by atoms with Crippen LogP contribution in [0.5, 0.6) is 5.88 Å². The molecule has 0 radical (unpaired) electrons. The summed E-state index contributed by atoms with van der Waals surface area (Å²) in [7, 11) is 0. The lowest BCUT2D eigenvalue weighted by Gasteiger charge is -2.28. The normalized spacial score (nSPS) is 23.1.